The van der Waals surface area contributed by atoms with Gasteiger partial charge in [-0.05, 0) is 43.7 Å². The van der Waals surface area contributed by atoms with Gasteiger partial charge < -0.3 is 13.7 Å². The molecule has 0 amide bonds. The first kappa shape index (κ1) is 19.8. The number of hydrogen-bond acceptors (Lipinski definition) is 6. The molecule has 0 aliphatic rings. The third-order valence-corrected chi connectivity index (χ3v) is 5.17. The molecule has 0 bridgehead atoms. The standard InChI is InChI=1S/C26H20N2O4/c1-16-9-11-19(12-10-16)25-27-24(28-32-25)21-14-20-7-4-8-22(23(20)31-26(21)29)30-15-18-6-3-5-17(2)13-18/h3-14H,15H2,1-2H3. The number of nitrogens with zero attached hydrogens (tertiary/aromatic N) is 2. The van der Waals surface area contributed by atoms with Crippen LogP contribution >= 0.6 is 0 Å². The van der Waals surface area contributed by atoms with Gasteiger partial charge in [-0.15, -0.1) is 0 Å². The SMILES string of the molecule is Cc1ccc(-c2nc(-c3cc4cccc(OCc5cccc(C)c5)c4oc3=O)no2)cc1. The first-order valence-corrected chi connectivity index (χ1v) is 10.2. The first-order chi connectivity index (χ1) is 15.6. The highest BCUT2D eigenvalue weighted by Gasteiger charge is 2.17. The van der Waals surface area contributed by atoms with Crippen LogP contribution in [0.1, 0.15) is 16.7 Å². The number of rotatable bonds is 5. The molecule has 0 aliphatic carbocycles. The summed E-state index contributed by atoms with van der Waals surface area (Å²) >= 11 is 0. The second-order valence-electron chi connectivity index (χ2n) is 7.69. The molecule has 0 saturated heterocycles. The summed E-state index contributed by atoms with van der Waals surface area (Å²) in [6.07, 6.45) is 0. The molecule has 0 atom stereocenters. The van der Waals surface area contributed by atoms with E-state index in [9.17, 15) is 4.79 Å². The fourth-order valence-corrected chi connectivity index (χ4v) is 3.50. The molecule has 6 nitrogen and oxygen atoms in total. The van der Waals surface area contributed by atoms with Gasteiger partial charge in [-0.25, -0.2) is 4.79 Å². The largest absolute Gasteiger partial charge is 0.485 e. The average Bonchev–Trinajstić information content (AvgIpc) is 3.28. The summed E-state index contributed by atoms with van der Waals surface area (Å²) in [7, 11) is 0. The van der Waals surface area contributed by atoms with Gasteiger partial charge >= 0.3 is 5.63 Å². The molecule has 3 aromatic carbocycles. The van der Waals surface area contributed by atoms with E-state index < -0.39 is 5.63 Å². The van der Waals surface area contributed by atoms with Gasteiger partial charge in [0, 0.05) is 10.9 Å². The fourth-order valence-electron chi connectivity index (χ4n) is 3.50. The first-order valence-electron chi connectivity index (χ1n) is 10.2. The van der Waals surface area contributed by atoms with Crippen molar-refractivity contribution in [3.05, 3.63) is 99.9 Å². The average molecular weight is 424 g/mol. The van der Waals surface area contributed by atoms with E-state index in [1.165, 1.54) is 0 Å². The Balaban J connectivity index is 1.47. The fraction of sp³-hybridized carbons (Fsp3) is 0.115. The maximum Gasteiger partial charge on any atom is 0.347 e. The zero-order chi connectivity index (χ0) is 22.1. The van der Waals surface area contributed by atoms with Crippen LogP contribution in [0.4, 0.5) is 0 Å². The maximum absolute atomic E-state index is 12.8. The van der Waals surface area contributed by atoms with Crippen molar-refractivity contribution >= 4 is 11.0 Å². The van der Waals surface area contributed by atoms with Crippen LogP contribution in [0.2, 0.25) is 0 Å². The number of hydrogen-bond donors (Lipinski definition) is 0. The molecule has 2 aromatic heterocycles. The van der Waals surface area contributed by atoms with Crippen LogP contribution in [0.5, 0.6) is 5.75 Å². The van der Waals surface area contributed by atoms with Crippen LogP contribution in [-0.2, 0) is 6.61 Å². The summed E-state index contributed by atoms with van der Waals surface area (Å²) in [6.45, 7) is 4.41. The number of aromatic nitrogens is 2. The van der Waals surface area contributed by atoms with Crippen LogP contribution in [0.25, 0.3) is 33.8 Å². The molecule has 0 unspecified atom stereocenters. The minimum absolute atomic E-state index is 0.183. The number of aryl methyl sites for hydroxylation is 2. The molecule has 0 spiro atoms. The van der Waals surface area contributed by atoms with Crippen molar-refractivity contribution in [2.45, 2.75) is 20.5 Å². The molecule has 5 rings (SSSR count). The number of benzene rings is 3. The van der Waals surface area contributed by atoms with Gasteiger partial charge in [0.15, 0.2) is 11.3 Å². The van der Waals surface area contributed by atoms with Gasteiger partial charge in [0.1, 0.15) is 12.2 Å². The van der Waals surface area contributed by atoms with Crippen molar-refractivity contribution in [2.75, 3.05) is 0 Å². The summed E-state index contributed by atoms with van der Waals surface area (Å²) < 4.78 is 16.9. The van der Waals surface area contributed by atoms with Gasteiger partial charge in [0.05, 0.1) is 0 Å². The molecular formula is C26H20N2O4. The lowest BCUT2D eigenvalue weighted by Gasteiger charge is -2.09. The van der Waals surface area contributed by atoms with Crippen LogP contribution in [-0.4, -0.2) is 10.1 Å². The molecule has 0 N–H and O–H groups in total. The van der Waals surface area contributed by atoms with Gasteiger partial charge in [-0.3, -0.25) is 0 Å². The Labute approximate surface area is 184 Å². The van der Waals surface area contributed by atoms with E-state index in [1.54, 1.807) is 12.1 Å². The van der Waals surface area contributed by atoms with E-state index in [0.717, 1.165) is 22.3 Å². The lowest BCUT2D eigenvalue weighted by atomic mass is 10.1. The minimum atomic E-state index is -0.555. The Morgan fingerprint density at radius 2 is 1.72 bits per heavy atom. The molecule has 2 heterocycles. The van der Waals surface area contributed by atoms with Crippen molar-refractivity contribution in [3.8, 4) is 28.6 Å². The highest BCUT2D eigenvalue weighted by molar-refractivity contribution is 5.85. The minimum Gasteiger partial charge on any atom is -0.485 e. The van der Waals surface area contributed by atoms with E-state index in [0.29, 0.717) is 29.2 Å². The highest BCUT2D eigenvalue weighted by atomic mass is 16.5. The third kappa shape index (κ3) is 3.90. The second kappa shape index (κ2) is 8.15. The van der Waals surface area contributed by atoms with Crippen LogP contribution < -0.4 is 10.4 Å². The molecule has 0 saturated carbocycles. The van der Waals surface area contributed by atoms with E-state index in [4.69, 9.17) is 13.7 Å². The number of ether oxygens (including phenoxy) is 1. The lowest BCUT2D eigenvalue weighted by Crippen LogP contribution is -2.05. The Hall–Kier alpha value is -4.19. The van der Waals surface area contributed by atoms with E-state index in [-0.39, 0.29) is 11.4 Å². The molecular weight excluding hydrogens is 404 g/mol. The number of para-hydroxylation sites is 1. The van der Waals surface area contributed by atoms with Gasteiger partial charge in [-0.1, -0.05) is 64.8 Å². The summed E-state index contributed by atoms with van der Waals surface area (Å²) in [4.78, 5) is 17.1. The maximum atomic E-state index is 12.8. The normalized spacial score (nSPS) is 11.1. The van der Waals surface area contributed by atoms with Crippen LogP contribution in [0.15, 0.2) is 86.5 Å². The van der Waals surface area contributed by atoms with Gasteiger partial charge in [-0.2, -0.15) is 4.98 Å². The monoisotopic (exact) mass is 424 g/mol. The smallest absolute Gasteiger partial charge is 0.347 e. The summed E-state index contributed by atoms with van der Waals surface area (Å²) in [6, 6.07) is 23.0. The quantitative estimate of drug-likeness (QED) is 0.337. The topological polar surface area (TPSA) is 78.4 Å². The van der Waals surface area contributed by atoms with Crippen molar-refractivity contribution in [1.29, 1.82) is 0 Å². The predicted octanol–water partition coefficient (Wildman–Crippen LogP) is 5.71. The van der Waals surface area contributed by atoms with Crippen molar-refractivity contribution in [1.82, 2.24) is 10.1 Å². The highest BCUT2D eigenvalue weighted by Crippen LogP contribution is 2.28. The Morgan fingerprint density at radius 1 is 0.906 bits per heavy atom. The van der Waals surface area contributed by atoms with Gasteiger partial charge in [0.25, 0.3) is 5.89 Å². The van der Waals surface area contributed by atoms with Crippen LogP contribution in [0.3, 0.4) is 0 Å². The van der Waals surface area contributed by atoms with Crippen molar-refractivity contribution in [2.24, 2.45) is 0 Å². The Kier molecular flexibility index (Phi) is 5.03. The summed E-state index contributed by atoms with van der Waals surface area (Å²) in [5.74, 6) is 1.03. The molecule has 0 aliphatic heterocycles. The van der Waals surface area contributed by atoms with Crippen molar-refractivity contribution < 1.29 is 13.7 Å². The molecule has 0 radical (unpaired) electrons. The predicted molar refractivity (Wildman–Crippen MR) is 121 cm³/mol. The molecule has 0 fully saturated rings. The van der Waals surface area contributed by atoms with E-state index in [1.807, 2.05) is 68.4 Å². The van der Waals surface area contributed by atoms with Crippen LogP contribution in [0, 0.1) is 13.8 Å². The van der Waals surface area contributed by atoms with Gasteiger partial charge in [0.2, 0.25) is 5.82 Å². The molecule has 6 heteroatoms. The Morgan fingerprint density at radius 3 is 2.53 bits per heavy atom. The molecule has 32 heavy (non-hydrogen) atoms. The number of fused-ring (bicyclic) bond motifs is 1. The third-order valence-electron chi connectivity index (χ3n) is 5.17. The van der Waals surface area contributed by atoms with E-state index in [2.05, 4.69) is 16.2 Å². The second-order valence-corrected chi connectivity index (χ2v) is 7.69. The zero-order valence-corrected chi connectivity index (χ0v) is 17.7. The summed E-state index contributed by atoms with van der Waals surface area (Å²) in [5, 5.41) is 4.69. The van der Waals surface area contributed by atoms with Crippen molar-refractivity contribution in [3.63, 3.8) is 0 Å². The molecule has 5 aromatic rings. The Bertz CT molecular complexity index is 1470. The molecule has 158 valence electrons. The lowest BCUT2D eigenvalue weighted by molar-refractivity contribution is 0.304. The zero-order valence-electron chi connectivity index (χ0n) is 17.7. The summed E-state index contributed by atoms with van der Waals surface area (Å²) in [5.41, 5.74) is 4.17. The van der Waals surface area contributed by atoms with E-state index >= 15 is 0 Å².